The molecular formula is C15H26O. The van der Waals surface area contributed by atoms with Crippen LogP contribution in [0.25, 0.3) is 0 Å². The molecule has 0 fully saturated rings. The highest BCUT2D eigenvalue weighted by Gasteiger charge is 2.49. The quantitative estimate of drug-likeness (QED) is 0.629. The summed E-state index contributed by atoms with van der Waals surface area (Å²) in [5, 5.41) is 10.2. The lowest BCUT2D eigenvalue weighted by atomic mass is 9.53. The number of aliphatic hydroxyl groups is 1. The van der Waals surface area contributed by atoms with Crippen LogP contribution in [0.2, 0.25) is 0 Å². The van der Waals surface area contributed by atoms with E-state index in [0.29, 0.717) is 5.76 Å². The molecule has 0 saturated heterocycles. The van der Waals surface area contributed by atoms with Crippen LogP contribution in [0.3, 0.4) is 0 Å². The molecule has 2 unspecified atom stereocenters. The molecule has 1 aliphatic carbocycles. The first-order valence-electron chi connectivity index (χ1n) is 6.08. The Morgan fingerprint density at radius 2 is 1.62 bits per heavy atom. The largest absolute Gasteiger partial charge is 0.512 e. The summed E-state index contributed by atoms with van der Waals surface area (Å²) in [6.07, 6.45) is 6.08. The molecule has 1 nitrogen and oxygen atoms in total. The lowest BCUT2D eigenvalue weighted by Crippen LogP contribution is -2.46. The summed E-state index contributed by atoms with van der Waals surface area (Å²) in [5.74, 6) is 0.692. The van der Waals surface area contributed by atoms with Crippen LogP contribution in [-0.2, 0) is 0 Å². The van der Waals surface area contributed by atoms with E-state index in [-0.39, 0.29) is 22.2 Å². The Balaban J connectivity index is 3.30. The van der Waals surface area contributed by atoms with Crippen molar-refractivity contribution < 1.29 is 5.11 Å². The minimum Gasteiger partial charge on any atom is -0.512 e. The van der Waals surface area contributed by atoms with Crippen molar-refractivity contribution in [2.24, 2.45) is 22.2 Å². The lowest BCUT2D eigenvalue weighted by Gasteiger charge is -2.51. The number of allylic oxidation sites excluding steroid dienone is 4. The molecule has 0 radical (unpaired) electrons. The molecule has 2 atom stereocenters. The van der Waals surface area contributed by atoms with Crippen molar-refractivity contribution in [3.8, 4) is 0 Å². The van der Waals surface area contributed by atoms with Gasteiger partial charge < -0.3 is 5.11 Å². The van der Waals surface area contributed by atoms with Gasteiger partial charge >= 0.3 is 0 Å². The van der Waals surface area contributed by atoms with Gasteiger partial charge in [-0.15, -0.1) is 0 Å². The van der Waals surface area contributed by atoms with Crippen LogP contribution in [0, 0.1) is 22.2 Å². The van der Waals surface area contributed by atoms with E-state index < -0.39 is 0 Å². The predicted molar refractivity (Wildman–Crippen MR) is 70.4 cm³/mol. The summed E-state index contributed by atoms with van der Waals surface area (Å²) in [7, 11) is 0. The van der Waals surface area contributed by atoms with Crippen molar-refractivity contribution in [2.75, 3.05) is 0 Å². The molecular weight excluding hydrogens is 196 g/mol. The Labute approximate surface area is 100 Å². The van der Waals surface area contributed by atoms with Gasteiger partial charge in [0.2, 0.25) is 0 Å². The maximum absolute atomic E-state index is 10.2. The molecule has 0 heterocycles. The summed E-state index contributed by atoms with van der Waals surface area (Å²) in [5.41, 5.74) is 0.182. The molecule has 1 aliphatic rings. The summed E-state index contributed by atoms with van der Waals surface area (Å²) >= 11 is 0. The van der Waals surface area contributed by atoms with Crippen molar-refractivity contribution >= 4 is 0 Å². The summed E-state index contributed by atoms with van der Waals surface area (Å²) in [4.78, 5) is 0. The second-order valence-corrected chi connectivity index (χ2v) is 7.28. The first-order valence-corrected chi connectivity index (χ1v) is 6.08. The third-order valence-electron chi connectivity index (χ3n) is 4.09. The van der Waals surface area contributed by atoms with Crippen LogP contribution < -0.4 is 0 Å². The third-order valence-corrected chi connectivity index (χ3v) is 4.09. The number of hydrogen-bond acceptors (Lipinski definition) is 1. The normalized spacial score (nSPS) is 31.4. The van der Waals surface area contributed by atoms with Gasteiger partial charge in [0, 0.05) is 11.3 Å². The lowest BCUT2D eigenvalue weighted by molar-refractivity contribution is 0.0133. The van der Waals surface area contributed by atoms with Gasteiger partial charge in [0.15, 0.2) is 0 Å². The van der Waals surface area contributed by atoms with Gasteiger partial charge in [-0.1, -0.05) is 60.6 Å². The third kappa shape index (κ3) is 2.05. The fourth-order valence-electron chi connectivity index (χ4n) is 2.87. The smallest absolute Gasteiger partial charge is 0.0967 e. The summed E-state index contributed by atoms with van der Waals surface area (Å²) < 4.78 is 0. The molecule has 0 bridgehead atoms. The maximum atomic E-state index is 10.2. The minimum atomic E-state index is -0.00984. The molecule has 0 aromatic rings. The Morgan fingerprint density at radius 1 is 1.12 bits per heavy atom. The highest BCUT2D eigenvalue weighted by Crippen LogP contribution is 2.55. The average Bonchev–Trinajstić information content (AvgIpc) is 1.98. The van der Waals surface area contributed by atoms with Crippen LogP contribution in [0.15, 0.2) is 24.0 Å². The van der Waals surface area contributed by atoms with Gasteiger partial charge in [-0.25, -0.2) is 0 Å². The molecule has 0 spiro atoms. The Hall–Kier alpha value is -0.720. The molecule has 0 aromatic carbocycles. The van der Waals surface area contributed by atoms with E-state index in [1.807, 2.05) is 12.2 Å². The number of hydrogen-bond donors (Lipinski definition) is 1. The van der Waals surface area contributed by atoms with Crippen LogP contribution in [0.1, 0.15) is 48.5 Å². The van der Waals surface area contributed by atoms with Gasteiger partial charge in [0.1, 0.15) is 0 Å². The van der Waals surface area contributed by atoms with Crippen molar-refractivity contribution in [1.82, 2.24) is 0 Å². The van der Waals surface area contributed by atoms with Gasteiger partial charge in [-0.3, -0.25) is 0 Å². The van der Waals surface area contributed by atoms with E-state index in [1.165, 1.54) is 0 Å². The van der Waals surface area contributed by atoms with E-state index in [2.05, 4.69) is 54.5 Å². The van der Waals surface area contributed by atoms with E-state index in [4.69, 9.17) is 0 Å². The number of rotatable bonds is 0. The summed E-state index contributed by atoms with van der Waals surface area (Å²) in [6, 6.07) is 0. The Morgan fingerprint density at radius 3 is 1.94 bits per heavy atom. The molecule has 1 heteroatoms. The zero-order chi connectivity index (χ0) is 12.8. The minimum absolute atomic E-state index is 0.00984. The highest BCUT2D eigenvalue weighted by atomic mass is 16.3. The second kappa shape index (κ2) is 3.65. The van der Waals surface area contributed by atoms with Crippen LogP contribution >= 0.6 is 0 Å². The first kappa shape index (κ1) is 13.3. The topological polar surface area (TPSA) is 20.2 Å². The maximum Gasteiger partial charge on any atom is 0.0967 e. The molecule has 0 aromatic heterocycles. The van der Waals surface area contributed by atoms with Crippen molar-refractivity contribution in [2.45, 2.75) is 48.5 Å². The van der Waals surface area contributed by atoms with Crippen LogP contribution in [-0.4, -0.2) is 5.11 Å². The molecule has 0 aliphatic heterocycles. The van der Waals surface area contributed by atoms with E-state index >= 15 is 0 Å². The van der Waals surface area contributed by atoms with E-state index in [1.54, 1.807) is 0 Å². The molecule has 1 N–H and O–H groups in total. The highest BCUT2D eigenvalue weighted by molar-refractivity contribution is 5.26. The van der Waals surface area contributed by atoms with Crippen molar-refractivity contribution in [1.29, 1.82) is 0 Å². The standard InChI is InChI=1S/C15H26O/c1-13(2,3)12-11(16)9-8-10-15(12,7)14(4,5)6/h8-10,12,16H,1-7H3. The average molecular weight is 222 g/mol. The fraction of sp³-hybridized carbons (Fsp3) is 0.733. The second-order valence-electron chi connectivity index (χ2n) is 7.28. The van der Waals surface area contributed by atoms with E-state index in [0.717, 1.165) is 0 Å². The van der Waals surface area contributed by atoms with Crippen molar-refractivity contribution in [3.05, 3.63) is 24.0 Å². The molecule has 1 rings (SSSR count). The fourth-order valence-corrected chi connectivity index (χ4v) is 2.87. The molecule has 0 saturated carbocycles. The Bertz CT molecular complexity index is 322. The zero-order valence-corrected chi connectivity index (χ0v) is 11.8. The molecule has 0 amide bonds. The van der Waals surface area contributed by atoms with Crippen molar-refractivity contribution in [3.63, 3.8) is 0 Å². The van der Waals surface area contributed by atoms with Crippen LogP contribution in [0.5, 0.6) is 0 Å². The van der Waals surface area contributed by atoms with E-state index in [9.17, 15) is 5.11 Å². The van der Waals surface area contributed by atoms with Crippen LogP contribution in [0.4, 0.5) is 0 Å². The molecule has 16 heavy (non-hydrogen) atoms. The summed E-state index contributed by atoms with van der Waals surface area (Å²) in [6.45, 7) is 15.6. The molecule has 92 valence electrons. The number of aliphatic hydroxyl groups excluding tert-OH is 1. The van der Waals surface area contributed by atoms with Gasteiger partial charge in [0.25, 0.3) is 0 Å². The zero-order valence-electron chi connectivity index (χ0n) is 11.8. The monoisotopic (exact) mass is 222 g/mol. The SMILES string of the molecule is CC(C)(C)C1C(O)=CC=CC1(C)C(C)(C)C. The van der Waals surface area contributed by atoms with Gasteiger partial charge in [-0.05, 0) is 16.9 Å². The van der Waals surface area contributed by atoms with Gasteiger partial charge in [0.05, 0.1) is 5.76 Å². The predicted octanol–water partition coefficient (Wildman–Crippen LogP) is 4.71. The van der Waals surface area contributed by atoms with Gasteiger partial charge in [-0.2, -0.15) is 0 Å². The Kier molecular flexibility index (Phi) is 3.04. The first-order chi connectivity index (χ1) is 7.00.